The largest absolute Gasteiger partial charge is 0.315 e. The molecule has 0 radical (unpaired) electrons. The molecule has 0 spiro atoms. The summed E-state index contributed by atoms with van der Waals surface area (Å²) >= 11 is 11.6. The highest BCUT2D eigenvalue weighted by molar-refractivity contribution is 6.30. The molecule has 1 rings (SSSR count). The fraction of sp³-hybridized carbons (Fsp3) is 1.00. The molecule has 48 valence electrons. The van der Waals surface area contributed by atoms with Crippen molar-refractivity contribution in [2.45, 2.75) is 17.2 Å². The Hall–Kier alpha value is 0.540. The maximum Gasteiger partial charge on any atom is 0.0624 e. The molecule has 0 aromatic rings. The average molecular weight is 154 g/mol. The van der Waals surface area contributed by atoms with Crippen LogP contribution in [-0.4, -0.2) is 23.8 Å². The molecule has 1 aliphatic rings. The zero-order valence-electron chi connectivity index (χ0n) is 4.53. The molecule has 0 amide bonds. The Labute approximate surface area is 59.3 Å². The Morgan fingerprint density at radius 1 is 1.25 bits per heavy atom. The highest BCUT2D eigenvalue weighted by Gasteiger charge is 2.19. The van der Waals surface area contributed by atoms with Crippen LogP contribution >= 0.6 is 23.2 Å². The van der Waals surface area contributed by atoms with E-state index >= 15 is 0 Å². The van der Waals surface area contributed by atoms with E-state index in [1.807, 2.05) is 0 Å². The number of alkyl halides is 2. The summed E-state index contributed by atoms with van der Waals surface area (Å²) in [6.07, 6.45) is 0.996. The van der Waals surface area contributed by atoms with E-state index in [2.05, 4.69) is 5.32 Å². The van der Waals surface area contributed by atoms with Crippen LogP contribution < -0.4 is 5.32 Å². The standard InChI is InChI=1S/C5H9Cl2N/c6-4-1-2-8-3-5(4)7/h4-5,8H,1-3H2. The zero-order chi connectivity index (χ0) is 5.98. The summed E-state index contributed by atoms with van der Waals surface area (Å²) in [4.78, 5) is 0. The van der Waals surface area contributed by atoms with Gasteiger partial charge in [-0.3, -0.25) is 0 Å². The summed E-state index contributed by atoms with van der Waals surface area (Å²) in [5.74, 6) is 0. The summed E-state index contributed by atoms with van der Waals surface area (Å²) in [6, 6.07) is 0. The predicted molar refractivity (Wildman–Crippen MR) is 36.8 cm³/mol. The van der Waals surface area contributed by atoms with Crippen LogP contribution in [-0.2, 0) is 0 Å². The molecule has 0 saturated carbocycles. The molecule has 0 aromatic carbocycles. The average Bonchev–Trinajstić information content (AvgIpc) is 1.77. The van der Waals surface area contributed by atoms with Gasteiger partial charge in [-0.05, 0) is 13.0 Å². The van der Waals surface area contributed by atoms with Crippen LogP contribution in [0.15, 0.2) is 0 Å². The van der Waals surface area contributed by atoms with Crippen molar-refractivity contribution in [3.63, 3.8) is 0 Å². The van der Waals surface area contributed by atoms with Crippen molar-refractivity contribution in [3.05, 3.63) is 0 Å². The molecule has 0 aliphatic carbocycles. The van der Waals surface area contributed by atoms with Gasteiger partial charge in [0.15, 0.2) is 0 Å². The molecule has 1 aliphatic heterocycles. The lowest BCUT2D eigenvalue weighted by Gasteiger charge is -2.21. The van der Waals surface area contributed by atoms with Crippen molar-refractivity contribution >= 4 is 23.2 Å². The topological polar surface area (TPSA) is 12.0 Å². The highest BCUT2D eigenvalue weighted by atomic mass is 35.5. The molecule has 3 heteroatoms. The molecule has 1 fully saturated rings. The van der Waals surface area contributed by atoms with E-state index in [-0.39, 0.29) is 10.8 Å². The van der Waals surface area contributed by atoms with Crippen LogP contribution in [0.5, 0.6) is 0 Å². The van der Waals surface area contributed by atoms with Crippen molar-refractivity contribution in [1.29, 1.82) is 0 Å². The van der Waals surface area contributed by atoms with Crippen LogP contribution in [0.3, 0.4) is 0 Å². The van der Waals surface area contributed by atoms with E-state index in [4.69, 9.17) is 23.2 Å². The molecular formula is C5H9Cl2N. The lowest BCUT2D eigenvalue weighted by molar-refractivity contribution is 0.533. The minimum Gasteiger partial charge on any atom is -0.315 e. The Bertz CT molecular complexity index is 66.8. The molecule has 1 saturated heterocycles. The smallest absolute Gasteiger partial charge is 0.0624 e. The van der Waals surface area contributed by atoms with E-state index in [1.165, 1.54) is 0 Å². The maximum atomic E-state index is 5.80. The first-order chi connectivity index (χ1) is 3.80. The summed E-state index contributed by atoms with van der Waals surface area (Å²) in [6.45, 7) is 1.87. The third-order valence-electron chi connectivity index (χ3n) is 1.33. The summed E-state index contributed by atoms with van der Waals surface area (Å²) in [5, 5.41) is 3.46. The first-order valence-corrected chi connectivity index (χ1v) is 3.67. The third-order valence-corrected chi connectivity index (χ3v) is 2.44. The molecule has 0 aromatic heterocycles. The van der Waals surface area contributed by atoms with Gasteiger partial charge in [0.1, 0.15) is 0 Å². The summed E-state index contributed by atoms with van der Waals surface area (Å²) in [5.41, 5.74) is 0. The van der Waals surface area contributed by atoms with Gasteiger partial charge in [0.25, 0.3) is 0 Å². The number of piperidine rings is 1. The van der Waals surface area contributed by atoms with E-state index < -0.39 is 0 Å². The second-order valence-corrected chi connectivity index (χ2v) is 3.15. The molecule has 8 heavy (non-hydrogen) atoms. The summed E-state index contributed by atoms with van der Waals surface area (Å²) in [7, 11) is 0. The molecule has 2 atom stereocenters. The molecule has 0 bridgehead atoms. The lowest BCUT2D eigenvalue weighted by Crippen LogP contribution is -2.37. The number of halogens is 2. The van der Waals surface area contributed by atoms with Crippen LogP contribution in [0.25, 0.3) is 0 Å². The van der Waals surface area contributed by atoms with Crippen molar-refractivity contribution in [1.82, 2.24) is 5.32 Å². The monoisotopic (exact) mass is 153 g/mol. The fourth-order valence-corrected chi connectivity index (χ4v) is 1.22. The lowest BCUT2D eigenvalue weighted by atomic mass is 10.2. The molecule has 2 unspecified atom stereocenters. The molecular weight excluding hydrogens is 145 g/mol. The molecule has 1 N–H and O–H groups in total. The van der Waals surface area contributed by atoms with Crippen LogP contribution in [0, 0.1) is 0 Å². The second kappa shape index (κ2) is 2.90. The van der Waals surface area contributed by atoms with E-state index in [1.54, 1.807) is 0 Å². The number of hydrogen-bond donors (Lipinski definition) is 1. The minimum atomic E-state index is 0.130. The minimum absolute atomic E-state index is 0.130. The van der Waals surface area contributed by atoms with Crippen molar-refractivity contribution in [2.75, 3.05) is 13.1 Å². The first-order valence-electron chi connectivity index (χ1n) is 2.79. The van der Waals surface area contributed by atoms with Crippen molar-refractivity contribution < 1.29 is 0 Å². The van der Waals surface area contributed by atoms with Gasteiger partial charge < -0.3 is 5.32 Å². The number of rotatable bonds is 0. The SMILES string of the molecule is ClC1CCNCC1Cl. The normalized spacial score (nSPS) is 39.8. The van der Waals surface area contributed by atoms with Crippen LogP contribution in [0.1, 0.15) is 6.42 Å². The van der Waals surface area contributed by atoms with Gasteiger partial charge in [0, 0.05) is 6.54 Å². The van der Waals surface area contributed by atoms with Crippen molar-refractivity contribution in [2.24, 2.45) is 0 Å². The Balaban J connectivity index is 2.28. The van der Waals surface area contributed by atoms with Crippen LogP contribution in [0.2, 0.25) is 0 Å². The van der Waals surface area contributed by atoms with Gasteiger partial charge in [0.2, 0.25) is 0 Å². The highest BCUT2D eigenvalue weighted by Crippen LogP contribution is 2.15. The van der Waals surface area contributed by atoms with Gasteiger partial charge in [-0.1, -0.05) is 0 Å². The predicted octanol–water partition coefficient (Wildman–Crippen LogP) is 1.19. The second-order valence-electron chi connectivity index (χ2n) is 2.02. The van der Waals surface area contributed by atoms with E-state index in [0.29, 0.717) is 0 Å². The van der Waals surface area contributed by atoms with Crippen molar-refractivity contribution in [3.8, 4) is 0 Å². The quantitative estimate of drug-likeness (QED) is 0.517. The zero-order valence-corrected chi connectivity index (χ0v) is 6.04. The van der Waals surface area contributed by atoms with Gasteiger partial charge >= 0.3 is 0 Å². The van der Waals surface area contributed by atoms with E-state index in [9.17, 15) is 0 Å². The first kappa shape index (κ1) is 6.66. The van der Waals surface area contributed by atoms with Gasteiger partial charge in [-0.2, -0.15) is 0 Å². The number of nitrogens with one attached hydrogen (secondary N) is 1. The Morgan fingerprint density at radius 3 is 2.38 bits per heavy atom. The maximum absolute atomic E-state index is 5.80. The van der Waals surface area contributed by atoms with Gasteiger partial charge in [-0.25, -0.2) is 0 Å². The molecule has 1 nitrogen and oxygen atoms in total. The number of hydrogen-bond acceptors (Lipinski definition) is 1. The third kappa shape index (κ3) is 1.51. The Kier molecular flexibility index (Phi) is 2.42. The van der Waals surface area contributed by atoms with Gasteiger partial charge in [0.05, 0.1) is 10.8 Å². The Morgan fingerprint density at radius 2 is 2.00 bits per heavy atom. The molecule has 1 heterocycles. The fourth-order valence-electron chi connectivity index (χ4n) is 0.789. The van der Waals surface area contributed by atoms with Crippen LogP contribution in [0.4, 0.5) is 0 Å². The van der Waals surface area contributed by atoms with E-state index in [0.717, 1.165) is 19.5 Å². The summed E-state index contributed by atoms with van der Waals surface area (Å²) < 4.78 is 0. The van der Waals surface area contributed by atoms with Gasteiger partial charge in [-0.15, -0.1) is 23.2 Å².